The zero-order valence-electron chi connectivity index (χ0n) is 23.6. The monoisotopic (exact) mass is 588 g/mol. The van der Waals surface area contributed by atoms with Crippen molar-refractivity contribution in [2.24, 2.45) is 0 Å². The predicted octanol–water partition coefficient (Wildman–Crippen LogP) is 6.05. The molecule has 3 saturated heterocycles. The molecule has 0 bridgehead atoms. The van der Waals surface area contributed by atoms with Gasteiger partial charge in [-0.1, -0.05) is 12.0 Å². The van der Waals surface area contributed by atoms with Gasteiger partial charge in [0.25, 0.3) is 0 Å². The minimum atomic E-state index is -0.913. The lowest BCUT2D eigenvalue weighted by atomic mass is 9.93. The molecule has 3 fully saturated rings. The molecule has 0 spiro atoms. The van der Waals surface area contributed by atoms with Gasteiger partial charge in [0.1, 0.15) is 35.6 Å². The van der Waals surface area contributed by atoms with Gasteiger partial charge in [0.15, 0.2) is 5.82 Å². The Kier molecular flexibility index (Phi) is 7.10. The molecular weight excluding hydrogens is 557 g/mol. The summed E-state index contributed by atoms with van der Waals surface area (Å²) >= 11 is 0. The molecule has 2 aromatic heterocycles. The fraction of sp³-hybridized carbons (Fsp3) is 0.424. The number of terminal acetylenes is 1. The van der Waals surface area contributed by atoms with Gasteiger partial charge in [0, 0.05) is 54.6 Å². The van der Waals surface area contributed by atoms with Crippen LogP contribution < -0.4 is 4.74 Å². The van der Waals surface area contributed by atoms with E-state index in [1.54, 1.807) is 0 Å². The Morgan fingerprint density at radius 3 is 2.91 bits per heavy atom. The Labute approximate surface area is 247 Å². The Morgan fingerprint density at radius 1 is 1.16 bits per heavy atom. The van der Waals surface area contributed by atoms with Crippen LogP contribution in [0.4, 0.5) is 13.2 Å². The molecule has 0 aliphatic carbocycles. The van der Waals surface area contributed by atoms with Gasteiger partial charge in [-0.25, -0.2) is 13.2 Å². The van der Waals surface area contributed by atoms with Crippen molar-refractivity contribution in [2.45, 2.75) is 56.2 Å². The highest BCUT2D eigenvalue weighted by molar-refractivity contribution is 6.02. The summed E-state index contributed by atoms with van der Waals surface area (Å²) in [6, 6.07) is 5.47. The summed E-state index contributed by atoms with van der Waals surface area (Å²) in [4.78, 5) is 15.9. The maximum atomic E-state index is 16.6. The van der Waals surface area contributed by atoms with Crippen molar-refractivity contribution in [3.63, 3.8) is 0 Å². The molecule has 7 rings (SSSR count). The largest absolute Gasteiger partial charge is 0.508 e. The lowest BCUT2D eigenvalue weighted by molar-refractivity contribution is 0.107. The van der Waals surface area contributed by atoms with E-state index < -0.39 is 23.3 Å². The molecule has 43 heavy (non-hydrogen) atoms. The van der Waals surface area contributed by atoms with Gasteiger partial charge in [-0.05, 0) is 62.2 Å². The van der Waals surface area contributed by atoms with Crippen molar-refractivity contribution in [3.05, 3.63) is 53.4 Å². The Balaban J connectivity index is 1.38. The van der Waals surface area contributed by atoms with Crippen LogP contribution in [-0.4, -0.2) is 69.6 Å². The summed E-state index contributed by atoms with van der Waals surface area (Å²) < 4.78 is 57.7. The highest BCUT2D eigenvalue weighted by atomic mass is 19.1. The quantitative estimate of drug-likeness (QED) is 0.285. The van der Waals surface area contributed by atoms with Crippen molar-refractivity contribution >= 4 is 21.7 Å². The summed E-state index contributed by atoms with van der Waals surface area (Å²) in [6.07, 6.45) is 10.7. The van der Waals surface area contributed by atoms with E-state index in [-0.39, 0.29) is 52.0 Å². The number of fused-ring (bicyclic) bond motifs is 3. The zero-order valence-corrected chi connectivity index (χ0v) is 23.6. The van der Waals surface area contributed by atoms with E-state index in [1.807, 2.05) is 0 Å². The van der Waals surface area contributed by atoms with Crippen LogP contribution in [0.1, 0.15) is 55.7 Å². The molecule has 4 aromatic rings. The van der Waals surface area contributed by atoms with Gasteiger partial charge >= 0.3 is 6.01 Å². The number of aromatic hydroxyl groups is 1. The standard InChI is InChI=1S/C33H31F3N4O3/c1-2-23-26(35)7-6-20-13-22(41)14-24(27(20)23)30-28(36)31-25(16-37-30)29(19-5-3-11-42-12-8-19)38-32(39-31)43-18-33-9-4-10-40(33)17-21(34)15-33/h1,6-7,13-14,16,19,21,41H,3-5,8-12,15,17-18H2/t19?,21-,33+/m1/s1. The molecule has 7 nitrogen and oxygen atoms in total. The lowest BCUT2D eigenvalue weighted by Crippen LogP contribution is -2.43. The molecule has 222 valence electrons. The maximum absolute atomic E-state index is 16.6. The molecule has 3 aliphatic rings. The zero-order chi connectivity index (χ0) is 29.7. The molecule has 1 N–H and O–H groups in total. The number of nitrogens with zero attached hydrogens (tertiary/aromatic N) is 4. The van der Waals surface area contributed by atoms with Gasteiger partial charge in [0.05, 0.1) is 16.8 Å². The second-order valence-corrected chi connectivity index (χ2v) is 11.8. The Hall–Kier alpha value is -3.94. The summed E-state index contributed by atoms with van der Waals surface area (Å²) in [7, 11) is 0. The molecule has 2 aromatic carbocycles. The van der Waals surface area contributed by atoms with Crippen LogP contribution in [0.15, 0.2) is 30.5 Å². The van der Waals surface area contributed by atoms with E-state index in [2.05, 4.69) is 20.8 Å². The van der Waals surface area contributed by atoms with Gasteiger partial charge in [0.2, 0.25) is 0 Å². The average Bonchev–Trinajstić information content (AvgIpc) is 3.37. The molecule has 0 saturated carbocycles. The first kappa shape index (κ1) is 27.9. The number of ether oxygens (including phenoxy) is 2. The van der Waals surface area contributed by atoms with Crippen LogP contribution in [0.3, 0.4) is 0 Å². The Bertz CT molecular complexity index is 1770. The third-order valence-corrected chi connectivity index (χ3v) is 9.21. The third kappa shape index (κ3) is 4.85. The Morgan fingerprint density at radius 2 is 2.05 bits per heavy atom. The van der Waals surface area contributed by atoms with Crippen LogP contribution >= 0.6 is 0 Å². The molecule has 3 atom stereocenters. The number of hydrogen-bond acceptors (Lipinski definition) is 7. The number of phenols is 1. The molecule has 1 unspecified atom stereocenters. The summed E-state index contributed by atoms with van der Waals surface area (Å²) in [5.41, 5.74) is 0.158. The highest BCUT2D eigenvalue weighted by Crippen LogP contribution is 2.42. The number of alkyl halides is 1. The van der Waals surface area contributed by atoms with Crippen molar-refractivity contribution in [1.29, 1.82) is 0 Å². The van der Waals surface area contributed by atoms with Gasteiger partial charge < -0.3 is 14.6 Å². The van der Waals surface area contributed by atoms with Crippen molar-refractivity contribution < 1.29 is 27.8 Å². The van der Waals surface area contributed by atoms with E-state index in [0.29, 0.717) is 49.1 Å². The van der Waals surface area contributed by atoms with Gasteiger partial charge in [-0.2, -0.15) is 9.97 Å². The molecular formula is C33H31F3N4O3. The van der Waals surface area contributed by atoms with Crippen LogP contribution in [-0.2, 0) is 4.74 Å². The van der Waals surface area contributed by atoms with Crippen LogP contribution in [0.5, 0.6) is 11.8 Å². The molecule has 10 heteroatoms. The first-order chi connectivity index (χ1) is 20.9. The van der Waals surface area contributed by atoms with E-state index in [9.17, 15) is 13.9 Å². The SMILES string of the molecule is C#Cc1c(F)ccc2cc(O)cc(-c3ncc4c(C5CCCOCC5)nc(OC[C@@]56CCCN5C[C@H](F)C6)nc4c3F)c12. The van der Waals surface area contributed by atoms with E-state index in [4.69, 9.17) is 20.9 Å². The number of benzene rings is 2. The van der Waals surface area contributed by atoms with Crippen molar-refractivity contribution in [1.82, 2.24) is 19.9 Å². The van der Waals surface area contributed by atoms with Crippen LogP contribution in [0.2, 0.25) is 0 Å². The summed E-state index contributed by atoms with van der Waals surface area (Å²) in [5.74, 6) is 0.781. The topological polar surface area (TPSA) is 80.6 Å². The smallest absolute Gasteiger partial charge is 0.317 e. The highest BCUT2D eigenvalue weighted by Gasteiger charge is 2.49. The number of phenolic OH excluding ortho intramolecular Hbond substituents is 1. The lowest BCUT2D eigenvalue weighted by Gasteiger charge is -2.31. The fourth-order valence-electron chi connectivity index (χ4n) is 7.20. The number of aromatic nitrogens is 3. The van der Waals surface area contributed by atoms with Crippen molar-refractivity contribution in [3.8, 4) is 35.4 Å². The van der Waals surface area contributed by atoms with Crippen LogP contribution in [0.25, 0.3) is 32.9 Å². The first-order valence-electron chi connectivity index (χ1n) is 14.7. The second-order valence-electron chi connectivity index (χ2n) is 11.8. The minimum absolute atomic E-state index is 0.000821. The van der Waals surface area contributed by atoms with Crippen LogP contribution in [0, 0.1) is 24.0 Å². The maximum Gasteiger partial charge on any atom is 0.317 e. The molecule has 0 radical (unpaired) electrons. The molecule has 5 heterocycles. The number of rotatable bonds is 5. The fourth-order valence-corrected chi connectivity index (χ4v) is 7.20. The van der Waals surface area contributed by atoms with E-state index >= 15 is 4.39 Å². The van der Waals surface area contributed by atoms with E-state index in [0.717, 1.165) is 32.2 Å². The normalized spacial score (nSPS) is 24.2. The molecule has 3 aliphatic heterocycles. The minimum Gasteiger partial charge on any atom is -0.508 e. The van der Waals surface area contributed by atoms with Gasteiger partial charge in [-0.3, -0.25) is 9.88 Å². The number of halogens is 3. The number of pyridine rings is 1. The summed E-state index contributed by atoms with van der Waals surface area (Å²) in [6.45, 7) is 2.59. The summed E-state index contributed by atoms with van der Waals surface area (Å²) in [5, 5.41) is 11.6. The van der Waals surface area contributed by atoms with E-state index in [1.165, 1.54) is 30.5 Å². The second kappa shape index (κ2) is 11.0. The average molecular weight is 589 g/mol. The van der Waals surface area contributed by atoms with Gasteiger partial charge in [-0.15, -0.1) is 6.42 Å². The third-order valence-electron chi connectivity index (χ3n) is 9.21. The van der Waals surface area contributed by atoms with Crippen molar-refractivity contribution in [2.75, 3.05) is 32.9 Å². The first-order valence-corrected chi connectivity index (χ1v) is 14.7. The molecule has 0 amide bonds. The number of hydrogen-bond donors (Lipinski definition) is 1. The predicted molar refractivity (Wildman–Crippen MR) is 156 cm³/mol.